The van der Waals surface area contributed by atoms with Crippen molar-refractivity contribution in [2.45, 2.75) is 0 Å². The maximum Gasteiger partial charge on any atom is 0.243 e. The summed E-state index contributed by atoms with van der Waals surface area (Å²) in [6.07, 6.45) is 0. The Morgan fingerprint density at radius 3 is 2.52 bits per heavy atom. The molecule has 0 heterocycles. The second-order valence-corrected chi connectivity index (χ2v) is 6.61. The average Bonchev–Trinajstić information content (AvgIpc) is 2.55. The highest BCUT2D eigenvalue weighted by Crippen LogP contribution is 2.25. The van der Waals surface area contributed by atoms with E-state index in [0.29, 0.717) is 16.4 Å². The van der Waals surface area contributed by atoms with Crippen LogP contribution in [0.5, 0.6) is 0 Å². The molecule has 0 atom stereocenters. The first-order valence-corrected chi connectivity index (χ1v) is 8.50. The fourth-order valence-electron chi connectivity index (χ4n) is 1.98. The first-order valence-electron chi connectivity index (χ1n) is 7.33. The third-order valence-corrected chi connectivity index (χ3v) is 4.10. The van der Waals surface area contributed by atoms with E-state index in [-0.39, 0.29) is 30.7 Å². The summed E-state index contributed by atoms with van der Waals surface area (Å²) in [6, 6.07) is 10.7. The Hall–Kier alpha value is -2.12. The van der Waals surface area contributed by atoms with Crippen molar-refractivity contribution in [2.24, 2.45) is 0 Å². The van der Waals surface area contributed by atoms with Crippen molar-refractivity contribution < 1.29 is 14.0 Å². The molecular formula is C17H16BrClFN3O2. The lowest BCUT2D eigenvalue weighted by Crippen LogP contribution is -2.38. The first kappa shape index (κ1) is 19.2. The van der Waals surface area contributed by atoms with Crippen LogP contribution >= 0.6 is 27.5 Å². The van der Waals surface area contributed by atoms with Crippen molar-refractivity contribution in [2.75, 3.05) is 30.8 Å². The highest BCUT2D eigenvalue weighted by molar-refractivity contribution is 9.10. The van der Waals surface area contributed by atoms with Crippen molar-refractivity contribution in [3.8, 4) is 0 Å². The van der Waals surface area contributed by atoms with Crippen LogP contribution in [-0.2, 0) is 9.59 Å². The Morgan fingerprint density at radius 1 is 1.20 bits per heavy atom. The van der Waals surface area contributed by atoms with E-state index in [4.69, 9.17) is 11.6 Å². The molecule has 0 aliphatic heterocycles. The number of likely N-dealkylation sites (N-methyl/N-ethyl adjacent to an activating group) is 1. The number of hydrogen-bond acceptors (Lipinski definition) is 3. The molecule has 2 aromatic rings. The number of carbonyl (C=O) groups is 2. The molecule has 0 aromatic heterocycles. The molecule has 0 aliphatic rings. The van der Waals surface area contributed by atoms with Gasteiger partial charge in [-0.15, -0.1) is 0 Å². The van der Waals surface area contributed by atoms with Crippen LogP contribution in [0.1, 0.15) is 0 Å². The van der Waals surface area contributed by atoms with Crippen LogP contribution in [0, 0.1) is 5.82 Å². The minimum absolute atomic E-state index is 0.00167. The van der Waals surface area contributed by atoms with Gasteiger partial charge in [-0.05, 0) is 42.5 Å². The molecule has 2 aromatic carbocycles. The molecule has 0 spiro atoms. The molecular weight excluding hydrogens is 413 g/mol. The Labute approximate surface area is 158 Å². The molecule has 8 heteroatoms. The Bertz CT molecular complexity index is 771. The van der Waals surface area contributed by atoms with Gasteiger partial charge in [-0.2, -0.15) is 0 Å². The van der Waals surface area contributed by atoms with Gasteiger partial charge in [0.05, 0.1) is 23.8 Å². The van der Waals surface area contributed by atoms with E-state index >= 15 is 0 Å². The van der Waals surface area contributed by atoms with Crippen LogP contribution < -0.4 is 10.6 Å². The number of hydrogen-bond donors (Lipinski definition) is 2. The summed E-state index contributed by atoms with van der Waals surface area (Å²) >= 11 is 9.38. The molecule has 2 N–H and O–H groups in total. The zero-order valence-corrected chi connectivity index (χ0v) is 15.7. The zero-order chi connectivity index (χ0) is 18.4. The van der Waals surface area contributed by atoms with E-state index in [1.165, 1.54) is 36.2 Å². The average molecular weight is 429 g/mol. The summed E-state index contributed by atoms with van der Waals surface area (Å²) in [6.45, 7) is -0.117. The molecule has 5 nitrogen and oxygen atoms in total. The second kappa shape index (κ2) is 8.82. The predicted molar refractivity (Wildman–Crippen MR) is 100 cm³/mol. The highest BCUT2D eigenvalue weighted by atomic mass is 79.9. The molecule has 0 saturated carbocycles. The summed E-state index contributed by atoms with van der Waals surface area (Å²) in [5.74, 6) is -1.03. The standard InChI is InChI=1S/C17H16BrClFN3O2/c1-23(10-16(24)22-13-5-3-12(20)4-6-13)17(25)9-21-15-7-2-11(18)8-14(15)19/h2-8,21H,9-10H2,1H3,(H,22,24). The van der Waals surface area contributed by atoms with Gasteiger partial charge in [0.25, 0.3) is 0 Å². The van der Waals surface area contributed by atoms with Gasteiger partial charge >= 0.3 is 0 Å². The van der Waals surface area contributed by atoms with E-state index in [0.717, 1.165) is 4.47 Å². The van der Waals surface area contributed by atoms with E-state index in [1.54, 1.807) is 18.2 Å². The van der Waals surface area contributed by atoms with E-state index in [9.17, 15) is 14.0 Å². The van der Waals surface area contributed by atoms with Gasteiger partial charge in [0.15, 0.2) is 0 Å². The lowest BCUT2D eigenvalue weighted by Gasteiger charge is -2.18. The maximum atomic E-state index is 12.8. The molecule has 0 radical (unpaired) electrons. The van der Waals surface area contributed by atoms with Gasteiger partial charge in [0, 0.05) is 17.2 Å². The van der Waals surface area contributed by atoms with Crippen molar-refractivity contribution in [1.82, 2.24) is 4.90 Å². The van der Waals surface area contributed by atoms with E-state index < -0.39 is 0 Å². The number of nitrogens with one attached hydrogen (secondary N) is 2. The lowest BCUT2D eigenvalue weighted by atomic mass is 10.3. The summed E-state index contributed by atoms with van der Waals surface area (Å²) < 4.78 is 13.7. The van der Waals surface area contributed by atoms with Crippen LogP contribution in [0.25, 0.3) is 0 Å². The van der Waals surface area contributed by atoms with Crippen LogP contribution in [-0.4, -0.2) is 36.9 Å². The molecule has 2 rings (SSSR count). The Kier molecular flexibility index (Phi) is 6.78. The highest BCUT2D eigenvalue weighted by Gasteiger charge is 2.13. The van der Waals surface area contributed by atoms with E-state index in [1.807, 2.05) is 0 Å². The van der Waals surface area contributed by atoms with Gasteiger partial charge < -0.3 is 15.5 Å². The topological polar surface area (TPSA) is 61.4 Å². The molecule has 2 amide bonds. The quantitative estimate of drug-likeness (QED) is 0.737. The predicted octanol–water partition coefficient (Wildman–Crippen LogP) is 3.75. The van der Waals surface area contributed by atoms with Crippen molar-refractivity contribution in [3.63, 3.8) is 0 Å². The second-order valence-electron chi connectivity index (χ2n) is 5.28. The molecule has 0 bridgehead atoms. The minimum atomic E-state index is -0.386. The van der Waals surface area contributed by atoms with Gasteiger partial charge in [0.2, 0.25) is 11.8 Å². The first-order chi connectivity index (χ1) is 11.8. The monoisotopic (exact) mass is 427 g/mol. The van der Waals surface area contributed by atoms with Crippen LogP contribution in [0.15, 0.2) is 46.9 Å². The fraction of sp³-hybridized carbons (Fsp3) is 0.176. The van der Waals surface area contributed by atoms with Gasteiger partial charge in [-0.1, -0.05) is 27.5 Å². The molecule has 132 valence electrons. The number of rotatable bonds is 6. The number of amides is 2. The number of carbonyl (C=O) groups excluding carboxylic acids is 2. The van der Waals surface area contributed by atoms with Crippen LogP contribution in [0.3, 0.4) is 0 Å². The number of nitrogens with zero attached hydrogens (tertiary/aromatic N) is 1. The normalized spacial score (nSPS) is 10.2. The SMILES string of the molecule is CN(CC(=O)Nc1ccc(F)cc1)C(=O)CNc1ccc(Br)cc1Cl. The molecule has 25 heavy (non-hydrogen) atoms. The van der Waals surface area contributed by atoms with Crippen LogP contribution in [0.4, 0.5) is 15.8 Å². The summed E-state index contributed by atoms with van der Waals surface area (Å²) in [5.41, 5.74) is 1.09. The zero-order valence-electron chi connectivity index (χ0n) is 13.4. The third kappa shape index (κ3) is 6.03. The number of halogens is 3. The van der Waals surface area contributed by atoms with Crippen molar-refractivity contribution in [3.05, 3.63) is 57.8 Å². The van der Waals surface area contributed by atoms with Crippen molar-refractivity contribution in [1.29, 1.82) is 0 Å². The number of benzene rings is 2. The fourth-order valence-corrected chi connectivity index (χ4v) is 2.72. The van der Waals surface area contributed by atoms with Gasteiger partial charge in [-0.3, -0.25) is 9.59 Å². The maximum absolute atomic E-state index is 12.8. The van der Waals surface area contributed by atoms with E-state index in [2.05, 4.69) is 26.6 Å². The minimum Gasteiger partial charge on any atom is -0.375 e. The summed E-state index contributed by atoms with van der Waals surface area (Å²) in [5, 5.41) is 6.02. The molecule has 0 unspecified atom stereocenters. The Balaban J connectivity index is 1.82. The van der Waals surface area contributed by atoms with Gasteiger partial charge in [0.1, 0.15) is 5.82 Å². The molecule has 0 fully saturated rings. The summed E-state index contributed by atoms with van der Waals surface area (Å²) in [4.78, 5) is 25.3. The molecule has 0 aliphatic carbocycles. The number of anilines is 2. The Morgan fingerprint density at radius 2 is 1.88 bits per heavy atom. The third-order valence-electron chi connectivity index (χ3n) is 3.30. The molecule has 0 saturated heterocycles. The van der Waals surface area contributed by atoms with Gasteiger partial charge in [-0.25, -0.2) is 4.39 Å². The summed E-state index contributed by atoms with van der Waals surface area (Å²) in [7, 11) is 1.53. The smallest absolute Gasteiger partial charge is 0.243 e. The lowest BCUT2D eigenvalue weighted by molar-refractivity contribution is -0.131. The van der Waals surface area contributed by atoms with Crippen molar-refractivity contribution >= 4 is 50.7 Å². The van der Waals surface area contributed by atoms with Crippen LogP contribution in [0.2, 0.25) is 5.02 Å². The largest absolute Gasteiger partial charge is 0.375 e.